The van der Waals surface area contributed by atoms with Gasteiger partial charge in [0.15, 0.2) is 6.10 Å². The zero-order valence-corrected chi connectivity index (χ0v) is 19.1. The lowest BCUT2D eigenvalue weighted by Crippen LogP contribution is -2.40. The molecule has 1 atom stereocenters. The summed E-state index contributed by atoms with van der Waals surface area (Å²) in [6.45, 7) is -0.882. The number of amides is 2. The molecule has 2 amide bonds. The molecule has 3 aromatic carbocycles. The van der Waals surface area contributed by atoms with E-state index in [-0.39, 0.29) is 35.7 Å². The number of nitrogens with one attached hydrogen (secondary N) is 2. The fourth-order valence-electron chi connectivity index (χ4n) is 3.23. The monoisotopic (exact) mass is 489 g/mol. The second kappa shape index (κ2) is 12.6. The van der Waals surface area contributed by atoms with Crippen LogP contribution in [0.1, 0.15) is 27.6 Å². The maximum atomic E-state index is 13.0. The Morgan fingerprint density at radius 2 is 1.36 bits per heavy atom. The van der Waals surface area contributed by atoms with Gasteiger partial charge in [-0.3, -0.25) is 29.3 Å². The van der Waals surface area contributed by atoms with E-state index in [1.165, 1.54) is 24.3 Å². The number of hydrogen-bond donors (Lipinski definition) is 2. The number of ether oxygens (including phenoxy) is 1. The van der Waals surface area contributed by atoms with Crippen molar-refractivity contribution in [1.82, 2.24) is 10.6 Å². The second-order valence-electron chi connectivity index (χ2n) is 7.66. The number of esters is 1. The Hall–Kier alpha value is -4.86. The first kappa shape index (κ1) is 25.8. The third kappa shape index (κ3) is 7.59. The number of benzene rings is 3. The minimum atomic E-state index is -1.37. The summed E-state index contributed by atoms with van der Waals surface area (Å²) in [4.78, 5) is 59.8. The molecule has 0 saturated heterocycles. The lowest BCUT2D eigenvalue weighted by Gasteiger charge is -2.18. The maximum absolute atomic E-state index is 13.0. The SMILES string of the molecule is O=C(CNC(=O)Cc1ccccc1)NCC(=O)O[C@@H](C(=O)c1ccccc1)c1ccc([N+](=O)[O-])cc1. The number of nitrogens with zero attached hydrogens (tertiary/aromatic N) is 1. The molecule has 0 fully saturated rings. The van der Waals surface area contributed by atoms with Gasteiger partial charge in [0.1, 0.15) is 6.54 Å². The van der Waals surface area contributed by atoms with Crippen LogP contribution in [0.2, 0.25) is 0 Å². The number of Topliss-reactive ketones (excluding diaryl/α,β-unsaturated/α-hetero) is 1. The Morgan fingerprint density at radius 3 is 1.97 bits per heavy atom. The fourth-order valence-corrected chi connectivity index (χ4v) is 3.23. The van der Waals surface area contributed by atoms with Gasteiger partial charge in [0.05, 0.1) is 17.9 Å². The highest BCUT2D eigenvalue weighted by atomic mass is 16.6. The summed E-state index contributed by atoms with van der Waals surface area (Å²) >= 11 is 0. The molecule has 10 nitrogen and oxygen atoms in total. The predicted octanol–water partition coefficient (Wildman–Crippen LogP) is 2.54. The molecule has 0 aliphatic carbocycles. The van der Waals surface area contributed by atoms with Gasteiger partial charge < -0.3 is 15.4 Å². The van der Waals surface area contributed by atoms with Crippen LogP contribution in [-0.2, 0) is 25.5 Å². The number of nitro groups is 1. The van der Waals surface area contributed by atoms with Gasteiger partial charge in [0.25, 0.3) is 5.69 Å². The largest absolute Gasteiger partial charge is 0.448 e. The molecule has 184 valence electrons. The molecule has 0 radical (unpaired) electrons. The molecule has 0 saturated carbocycles. The van der Waals surface area contributed by atoms with Crippen LogP contribution < -0.4 is 10.6 Å². The number of ketones is 1. The van der Waals surface area contributed by atoms with Crippen molar-refractivity contribution in [1.29, 1.82) is 0 Å². The molecular weight excluding hydrogens is 466 g/mol. The molecule has 0 aromatic heterocycles. The zero-order chi connectivity index (χ0) is 25.9. The minimum absolute atomic E-state index is 0.106. The van der Waals surface area contributed by atoms with Crippen LogP contribution in [0.5, 0.6) is 0 Å². The van der Waals surface area contributed by atoms with Gasteiger partial charge in [0.2, 0.25) is 17.6 Å². The summed E-state index contributed by atoms with van der Waals surface area (Å²) in [6, 6.07) is 22.2. The Balaban J connectivity index is 1.57. The van der Waals surface area contributed by atoms with Crippen molar-refractivity contribution in [2.45, 2.75) is 12.5 Å². The van der Waals surface area contributed by atoms with Crippen LogP contribution in [-0.4, -0.2) is 41.6 Å². The van der Waals surface area contributed by atoms with Crippen molar-refractivity contribution in [3.8, 4) is 0 Å². The Kier molecular flexibility index (Phi) is 8.99. The van der Waals surface area contributed by atoms with E-state index in [9.17, 15) is 29.3 Å². The van der Waals surface area contributed by atoms with Crippen molar-refractivity contribution in [3.05, 3.63) is 112 Å². The lowest BCUT2D eigenvalue weighted by molar-refractivity contribution is -0.384. The highest BCUT2D eigenvalue weighted by Gasteiger charge is 2.27. The standard InChI is InChI=1S/C26H23N3O7/c30-22(15-18-7-3-1-4-8-18)27-16-23(31)28-17-24(32)36-26(25(33)19-9-5-2-6-10-19)20-11-13-21(14-12-20)29(34)35/h1-14,26H,15-17H2,(H,27,30)(H,28,31)/t26-/m1/s1. The summed E-state index contributed by atoms with van der Waals surface area (Å²) in [5, 5.41) is 15.7. The summed E-state index contributed by atoms with van der Waals surface area (Å²) in [6.07, 6.45) is -1.27. The normalized spacial score (nSPS) is 11.1. The number of rotatable bonds is 11. The Labute approximate surface area is 206 Å². The Morgan fingerprint density at radius 1 is 0.778 bits per heavy atom. The predicted molar refractivity (Wildman–Crippen MR) is 129 cm³/mol. The molecule has 0 unspecified atom stereocenters. The lowest BCUT2D eigenvalue weighted by atomic mass is 9.99. The van der Waals surface area contributed by atoms with Crippen molar-refractivity contribution in [3.63, 3.8) is 0 Å². The summed E-state index contributed by atoms with van der Waals surface area (Å²) < 4.78 is 5.35. The third-order valence-corrected chi connectivity index (χ3v) is 5.04. The third-order valence-electron chi connectivity index (χ3n) is 5.04. The summed E-state index contributed by atoms with van der Waals surface area (Å²) in [7, 11) is 0. The van der Waals surface area contributed by atoms with E-state index in [0.29, 0.717) is 0 Å². The van der Waals surface area contributed by atoms with E-state index in [1.807, 2.05) is 6.07 Å². The summed E-state index contributed by atoms with van der Waals surface area (Å²) in [5.74, 6) is -2.40. The van der Waals surface area contributed by atoms with Gasteiger partial charge >= 0.3 is 5.97 Å². The van der Waals surface area contributed by atoms with Crippen LogP contribution in [0.4, 0.5) is 5.69 Å². The van der Waals surface area contributed by atoms with Crippen molar-refractivity contribution < 1.29 is 28.8 Å². The topological polar surface area (TPSA) is 145 Å². The van der Waals surface area contributed by atoms with Gasteiger partial charge in [-0.2, -0.15) is 0 Å². The van der Waals surface area contributed by atoms with Crippen molar-refractivity contribution in [2.24, 2.45) is 0 Å². The molecule has 2 N–H and O–H groups in total. The fraction of sp³-hybridized carbons (Fsp3) is 0.154. The first-order valence-electron chi connectivity index (χ1n) is 10.9. The number of carbonyl (C=O) groups excluding carboxylic acids is 4. The molecule has 0 aliphatic rings. The van der Waals surface area contributed by atoms with E-state index in [2.05, 4.69) is 10.6 Å². The smallest absolute Gasteiger partial charge is 0.326 e. The van der Waals surface area contributed by atoms with Crippen molar-refractivity contribution >= 4 is 29.3 Å². The molecule has 36 heavy (non-hydrogen) atoms. The van der Waals surface area contributed by atoms with Crippen LogP contribution in [0.15, 0.2) is 84.9 Å². The Bertz CT molecular complexity index is 1230. The highest BCUT2D eigenvalue weighted by molar-refractivity contribution is 6.01. The number of carbonyl (C=O) groups is 4. The molecule has 3 rings (SSSR count). The quantitative estimate of drug-likeness (QED) is 0.182. The number of nitro benzene ring substituents is 1. The van der Waals surface area contributed by atoms with Crippen LogP contribution in [0.25, 0.3) is 0 Å². The highest BCUT2D eigenvalue weighted by Crippen LogP contribution is 2.25. The van der Waals surface area contributed by atoms with Gasteiger partial charge in [-0.05, 0) is 17.7 Å². The molecular formula is C26H23N3O7. The van der Waals surface area contributed by atoms with Gasteiger partial charge in [0, 0.05) is 23.3 Å². The second-order valence-corrected chi connectivity index (χ2v) is 7.66. The van der Waals surface area contributed by atoms with Gasteiger partial charge in [-0.1, -0.05) is 60.7 Å². The number of non-ortho nitro benzene ring substituents is 1. The molecule has 0 heterocycles. The first-order chi connectivity index (χ1) is 17.3. The molecule has 10 heteroatoms. The van der Waals surface area contributed by atoms with Crippen molar-refractivity contribution in [2.75, 3.05) is 13.1 Å². The van der Waals surface area contributed by atoms with E-state index in [0.717, 1.165) is 5.56 Å². The van der Waals surface area contributed by atoms with Gasteiger partial charge in [-0.25, -0.2) is 0 Å². The average Bonchev–Trinajstić information content (AvgIpc) is 2.90. The van der Waals surface area contributed by atoms with Crippen LogP contribution in [0, 0.1) is 10.1 Å². The molecule has 3 aromatic rings. The van der Waals surface area contributed by atoms with E-state index in [1.54, 1.807) is 54.6 Å². The first-order valence-corrected chi connectivity index (χ1v) is 10.9. The molecule has 0 spiro atoms. The molecule has 0 aliphatic heterocycles. The van der Waals surface area contributed by atoms with E-state index < -0.39 is 35.2 Å². The van der Waals surface area contributed by atoms with Crippen LogP contribution >= 0.6 is 0 Å². The maximum Gasteiger partial charge on any atom is 0.326 e. The average molecular weight is 489 g/mol. The zero-order valence-electron chi connectivity index (χ0n) is 19.1. The minimum Gasteiger partial charge on any atom is -0.448 e. The van der Waals surface area contributed by atoms with E-state index >= 15 is 0 Å². The number of hydrogen-bond acceptors (Lipinski definition) is 7. The summed E-state index contributed by atoms with van der Waals surface area (Å²) in [5.41, 5.74) is 1.12. The molecule has 0 bridgehead atoms. The van der Waals surface area contributed by atoms with Crippen LogP contribution in [0.3, 0.4) is 0 Å². The van der Waals surface area contributed by atoms with Gasteiger partial charge in [-0.15, -0.1) is 0 Å². The van der Waals surface area contributed by atoms with E-state index in [4.69, 9.17) is 4.74 Å².